The van der Waals surface area contributed by atoms with Crippen LogP contribution in [0.25, 0.3) is 5.69 Å². The lowest BCUT2D eigenvalue weighted by molar-refractivity contribution is -0.118. The van der Waals surface area contributed by atoms with Crippen molar-refractivity contribution in [2.45, 2.75) is 6.92 Å². The van der Waals surface area contributed by atoms with E-state index in [-0.39, 0.29) is 18.1 Å². The van der Waals surface area contributed by atoms with E-state index in [1.165, 1.54) is 14.2 Å². The topological polar surface area (TPSA) is 118 Å². The third-order valence-electron chi connectivity index (χ3n) is 4.46. The number of rotatable bonds is 9. The molecule has 1 N–H and O–H groups in total. The van der Waals surface area contributed by atoms with Crippen molar-refractivity contribution in [3.8, 4) is 22.9 Å². The molecule has 1 heterocycles. The Labute approximate surface area is 203 Å². The lowest BCUT2D eigenvalue weighted by Gasteiger charge is -2.14. The van der Waals surface area contributed by atoms with Crippen LogP contribution in [0.1, 0.15) is 17.4 Å². The molecule has 0 bridgehead atoms. The van der Waals surface area contributed by atoms with Gasteiger partial charge in [0.25, 0.3) is 11.5 Å². The SMILES string of the molecule is CCOC(=O)c1nn(-c2cccc(Br)c2)c(=O)cc1OCC(=O)Nc1ccc(OC)cc1OC. The first kappa shape index (κ1) is 24.8. The zero-order valence-electron chi connectivity index (χ0n) is 18.7. The number of benzene rings is 2. The van der Waals surface area contributed by atoms with E-state index in [9.17, 15) is 14.4 Å². The highest BCUT2D eigenvalue weighted by molar-refractivity contribution is 9.10. The minimum atomic E-state index is -0.793. The molecule has 10 nitrogen and oxygen atoms in total. The first-order valence-corrected chi connectivity index (χ1v) is 10.9. The van der Waals surface area contributed by atoms with Crippen LogP contribution in [0.2, 0.25) is 0 Å². The number of aromatic nitrogens is 2. The lowest BCUT2D eigenvalue weighted by atomic mass is 10.2. The average molecular weight is 532 g/mol. The number of carbonyl (C=O) groups excluding carboxylic acids is 2. The van der Waals surface area contributed by atoms with Gasteiger partial charge in [0, 0.05) is 10.5 Å². The third-order valence-corrected chi connectivity index (χ3v) is 4.95. The van der Waals surface area contributed by atoms with Crippen molar-refractivity contribution in [2.24, 2.45) is 0 Å². The van der Waals surface area contributed by atoms with Gasteiger partial charge in [-0.25, -0.2) is 4.79 Å². The smallest absolute Gasteiger partial charge is 0.362 e. The molecule has 0 atom stereocenters. The van der Waals surface area contributed by atoms with E-state index < -0.39 is 24.0 Å². The predicted molar refractivity (Wildman–Crippen MR) is 127 cm³/mol. The summed E-state index contributed by atoms with van der Waals surface area (Å²) in [5.41, 5.74) is 0.0289. The molecule has 0 aliphatic heterocycles. The normalized spacial score (nSPS) is 10.4. The third kappa shape index (κ3) is 5.93. The van der Waals surface area contributed by atoms with E-state index >= 15 is 0 Å². The van der Waals surface area contributed by atoms with Crippen molar-refractivity contribution < 1.29 is 28.5 Å². The molecule has 0 saturated heterocycles. The lowest BCUT2D eigenvalue weighted by Crippen LogP contribution is -2.27. The van der Waals surface area contributed by atoms with Crippen molar-refractivity contribution in [3.05, 3.63) is 69.1 Å². The zero-order valence-corrected chi connectivity index (χ0v) is 20.2. The molecule has 11 heteroatoms. The molecule has 0 saturated carbocycles. The van der Waals surface area contributed by atoms with Gasteiger partial charge in [-0.3, -0.25) is 9.59 Å². The maximum absolute atomic E-state index is 12.7. The number of ether oxygens (including phenoxy) is 4. The highest BCUT2D eigenvalue weighted by Crippen LogP contribution is 2.29. The van der Waals surface area contributed by atoms with E-state index in [1.807, 2.05) is 0 Å². The molecule has 0 unspecified atom stereocenters. The van der Waals surface area contributed by atoms with Crippen LogP contribution in [0.3, 0.4) is 0 Å². The maximum Gasteiger partial charge on any atom is 0.362 e. The van der Waals surface area contributed by atoms with E-state index in [0.29, 0.717) is 22.9 Å². The Kier molecular flexibility index (Phi) is 8.25. The highest BCUT2D eigenvalue weighted by atomic mass is 79.9. The fraction of sp³-hybridized carbons (Fsp3) is 0.217. The summed E-state index contributed by atoms with van der Waals surface area (Å²) < 4.78 is 22.7. The van der Waals surface area contributed by atoms with Gasteiger partial charge in [-0.05, 0) is 37.3 Å². The summed E-state index contributed by atoms with van der Waals surface area (Å²) >= 11 is 3.34. The Bertz CT molecular complexity index is 1260. The number of hydrogen-bond donors (Lipinski definition) is 1. The first-order chi connectivity index (χ1) is 16.4. The van der Waals surface area contributed by atoms with Gasteiger partial charge in [-0.1, -0.05) is 22.0 Å². The Morgan fingerprint density at radius 2 is 1.85 bits per heavy atom. The predicted octanol–water partition coefficient (Wildman–Crippen LogP) is 3.21. The Hall–Kier alpha value is -3.86. The Morgan fingerprint density at radius 1 is 1.06 bits per heavy atom. The number of halogens is 1. The van der Waals surface area contributed by atoms with Gasteiger partial charge in [0.2, 0.25) is 5.69 Å². The van der Waals surface area contributed by atoms with Crippen LogP contribution in [-0.4, -0.2) is 49.1 Å². The summed E-state index contributed by atoms with van der Waals surface area (Å²) in [5.74, 6) is -0.570. The second-order valence-corrected chi connectivity index (χ2v) is 7.63. The number of nitrogens with one attached hydrogen (secondary N) is 1. The van der Waals surface area contributed by atoms with Crippen LogP contribution in [0, 0.1) is 0 Å². The molecular weight excluding hydrogens is 510 g/mol. The molecule has 1 aromatic heterocycles. The minimum absolute atomic E-state index is 0.0910. The van der Waals surface area contributed by atoms with Crippen molar-refractivity contribution in [2.75, 3.05) is 32.8 Å². The van der Waals surface area contributed by atoms with Gasteiger partial charge in [-0.15, -0.1) is 0 Å². The molecule has 2 aromatic carbocycles. The second kappa shape index (κ2) is 11.3. The second-order valence-electron chi connectivity index (χ2n) is 6.71. The van der Waals surface area contributed by atoms with Gasteiger partial charge in [0.15, 0.2) is 12.4 Å². The summed E-state index contributed by atoms with van der Waals surface area (Å²) in [7, 11) is 2.97. The molecule has 178 valence electrons. The Morgan fingerprint density at radius 3 is 2.53 bits per heavy atom. The molecule has 3 rings (SSSR count). The first-order valence-electron chi connectivity index (χ1n) is 10.1. The van der Waals surface area contributed by atoms with E-state index in [2.05, 4.69) is 26.3 Å². The van der Waals surface area contributed by atoms with Crippen LogP contribution >= 0.6 is 15.9 Å². The molecule has 1 amide bonds. The molecule has 0 fully saturated rings. The number of hydrogen-bond acceptors (Lipinski definition) is 8. The van der Waals surface area contributed by atoms with Crippen LogP contribution in [0.15, 0.2) is 57.8 Å². The zero-order chi connectivity index (χ0) is 24.7. The van der Waals surface area contributed by atoms with Crippen LogP contribution in [0.5, 0.6) is 17.2 Å². The van der Waals surface area contributed by atoms with Gasteiger partial charge in [0.1, 0.15) is 11.5 Å². The van der Waals surface area contributed by atoms with Gasteiger partial charge < -0.3 is 24.3 Å². The quantitative estimate of drug-likeness (QED) is 0.418. The van der Waals surface area contributed by atoms with Crippen molar-refractivity contribution >= 4 is 33.5 Å². The monoisotopic (exact) mass is 531 g/mol. The number of methoxy groups -OCH3 is 2. The van der Waals surface area contributed by atoms with Crippen molar-refractivity contribution in [1.82, 2.24) is 9.78 Å². The fourth-order valence-corrected chi connectivity index (χ4v) is 3.30. The van der Waals surface area contributed by atoms with Gasteiger partial charge >= 0.3 is 5.97 Å². The molecule has 0 radical (unpaired) electrons. The fourth-order valence-electron chi connectivity index (χ4n) is 2.92. The van der Waals surface area contributed by atoms with Crippen molar-refractivity contribution in [3.63, 3.8) is 0 Å². The molecule has 0 aliphatic rings. The average Bonchev–Trinajstić information content (AvgIpc) is 2.83. The summed E-state index contributed by atoms with van der Waals surface area (Å²) in [6.45, 7) is 1.23. The minimum Gasteiger partial charge on any atom is -0.497 e. The van der Waals surface area contributed by atoms with E-state index in [1.54, 1.807) is 49.4 Å². The molecular formula is C23H22BrN3O7. The number of carbonyl (C=O) groups is 2. The summed E-state index contributed by atoms with van der Waals surface area (Å²) in [5, 5.41) is 6.77. The van der Waals surface area contributed by atoms with E-state index in [4.69, 9.17) is 18.9 Å². The van der Waals surface area contributed by atoms with E-state index in [0.717, 1.165) is 15.2 Å². The molecule has 3 aromatic rings. The maximum atomic E-state index is 12.7. The number of anilines is 1. The van der Waals surface area contributed by atoms with Crippen molar-refractivity contribution in [1.29, 1.82) is 0 Å². The molecule has 0 spiro atoms. The molecule has 34 heavy (non-hydrogen) atoms. The number of nitrogens with zero attached hydrogens (tertiary/aromatic N) is 2. The summed E-state index contributed by atoms with van der Waals surface area (Å²) in [4.78, 5) is 37.7. The highest BCUT2D eigenvalue weighted by Gasteiger charge is 2.21. The molecule has 0 aliphatic carbocycles. The van der Waals surface area contributed by atoms with Crippen LogP contribution in [0.4, 0.5) is 5.69 Å². The number of amides is 1. The standard InChI is InChI=1S/C23H22BrN3O7/c1-4-33-23(30)22-19(12-21(29)27(26-22)15-7-5-6-14(24)10-15)34-13-20(28)25-17-9-8-16(31-2)11-18(17)32-3/h5-12H,4,13H2,1-3H3,(H,25,28). The number of esters is 1. The summed E-state index contributed by atoms with van der Waals surface area (Å²) in [6, 6.07) is 12.8. The summed E-state index contributed by atoms with van der Waals surface area (Å²) in [6.07, 6.45) is 0. The van der Waals surface area contributed by atoms with Crippen LogP contribution in [-0.2, 0) is 9.53 Å². The largest absolute Gasteiger partial charge is 0.497 e. The van der Waals surface area contributed by atoms with Crippen LogP contribution < -0.4 is 25.1 Å². The van der Waals surface area contributed by atoms with Gasteiger partial charge in [-0.2, -0.15) is 9.78 Å². The van der Waals surface area contributed by atoms with Gasteiger partial charge in [0.05, 0.1) is 38.3 Å². The Balaban J connectivity index is 1.84.